The van der Waals surface area contributed by atoms with E-state index in [9.17, 15) is 9.59 Å². The lowest BCUT2D eigenvalue weighted by Crippen LogP contribution is -2.46. The average molecular weight is 260 g/mol. The van der Waals surface area contributed by atoms with Gasteiger partial charge >= 0.3 is 12.0 Å². The van der Waals surface area contributed by atoms with Crippen LogP contribution in [0.25, 0.3) is 0 Å². The van der Waals surface area contributed by atoms with Gasteiger partial charge in [0.15, 0.2) is 0 Å². The summed E-state index contributed by atoms with van der Waals surface area (Å²) in [6.07, 6.45) is 1.25. The zero-order valence-corrected chi connectivity index (χ0v) is 10.6. The Morgan fingerprint density at radius 2 is 2.17 bits per heavy atom. The number of amides is 2. The van der Waals surface area contributed by atoms with E-state index in [4.69, 9.17) is 14.6 Å². The molecule has 0 aliphatic carbocycles. The number of carbonyl (C=O) groups is 2. The lowest BCUT2D eigenvalue weighted by molar-refractivity contribution is -0.141. The number of carboxylic acids is 1. The molecule has 0 bridgehead atoms. The first kappa shape index (κ1) is 14.7. The highest BCUT2D eigenvalue weighted by Gasteiger charge is 2.33. The smallest absolute Gasteiger partial charge is 0.326 e. The van der Waals surface area contributed by atoms with Crippen LogP contribution in [0.15, 0.2) is 0 Å². The third-order valence-electron chi connectivity index (χ3n) is 2.75. The molecular weight excluding hydrogens is 240 g/mol. The van der Waals surface area contributed by atoms with Crippen molar-refractivity contribution in [2.24, 2.45) is 0 Å². The Labute approximate surface area is 106 Å². The number of carbonyl (C=O) groups excluding carboxylic acids is 1. The lowest BCUT2D eigenvalue weighted by Gasteiger charge is -2.21. The molecule has 1 rings (SSSR count). The summed E-state index contributed by atoms with van der Waals surface area (Å²) >= 11 is 0. The van der Waals surface area contributed by atoms with Crippen LogP contribution in [0.3, 0.4) is 0 Å². The van der Waals surface area contributed by atoms with Crippen molar-refractivity contribution in [3.63, 3.8) is 0 Å². The van der Waals surface area contributed by atoms with Crippen LogP contribution in [0.1, 0.15) is 12.8 Å². The second kappa shape index (κ2) is 7.88. The maximum absolute atomic E-state index is 11.7. The van der Waals surface area contributed by atoms with E-state index >= 15 is 0 Å². The molecule has 1 heterocycles. The van der Waals surface area contributed by atoms with E-state index in [-0.39, 0.29) is 6.03 Å². The van der Waals surface area contributed by atoms with Gasteiger partial charge in [-0.15, -0.1) is 0 Å². The van der Waals surface area contributed by atoms with Gasteiger partial charge < -0.3 is 24.8 Å². The van der Waals surface area contributed by atoms with Gasteiger partial charge in [-0.1, -0.05) is 0 Å². The van der Waals surface area contributed by atoms with Crippen molar-refractivity contribution in [3.8, 4) is 0 Å². The third kappa shape index (κ3) is 4.50. The van der Waals surface area contributed by atoms with Crippen LogP contribution in [-0.2, 0) is 14.3 Å². The van der Waals surface area contributed by atoms with Crippen molar-refractivity contribution in [3.05, 3.63) is 0 Å². The molecule has 0 radical (unpaired) electrons. The van der Waals surface area contributed by atoms with Gasteiger partial charge in [0.25, 0.3) is 0 Å². The summed E-state index contributed by atoms with van der Waals surface area (Å²) in [6, 6.07) is -1.03. The molecule has 0 saturated carbocycles. The maximum Gasteiger partial charge on any atom is 0.326 e. The number of hydrogen-bond donors (Lipinski definition) is 2. The van der Waals surface area contributed by atoms with E-state index in [1.165, 1.54) is 4.90 Å². The molecule has 1 unspecified atom stereocenters. The van der Waals surface area contributed by atoms with Crippen LogP contribution in [0.2, 0.25) is 0 Å². The number of likely N-dealkylation sites (tertiary alicyclic amines) is 1. The Morgan fingerprint density at radius 1 is 1.39 bits per heavy atom. The Balaban J connectivity index is 2.18. The predicted octanol–water partition coefficient (Wildman–Crippen LogP) is -0.0920. The van der Waals surface area contributed by atoms with Gasteiger partial charge in [0, 0.05) is 20.2 Å². The number of nitrogens with one attached hydrogen (secondary N) is 1. The average Bonchev–Trinajstić information content (AvgIpc) is 2.82. The normalized spacial score (nSPS) is 18.9. The van der Waals surface area contributed by atoms with Crippen LogP contribution < -0.4 is 5.32 Å². The minimum atomic E-state index is -0.945. The molecule has 0 aromatic carbocycles. The zero-order chi connectivity index (χ0) is 13.4. The number of carboxylic acid groups (broad SMARTS) is 1. The van der Waals surface area contributed by atoms with Crippen LogP contribution in [-0.4, -0.2) is 68.1 Å². The van der Waals surface area contributed by atoms with E-state index in [1.54, 1.807) is 7.11 Å². The molecule has 7 nitrogen and oxygen atoms in total. The fourth-order valence-corrected chi connectivity index (χ4v) is 1.84. The molecule has 0 spiro atoms. The van der Waals surface area contributed by atoms with Crippen molar-refractivity contribution in [2.75, 3.05) is 40.0 Å². The Morgan fingerprint density at radius 3 is 2.83 bits per heavy atom. The van der Waals surface area contributed by atoms with Crippen molar-refractivity contribution >= 4 is 12.0 Å². The number of nitrogens with zero attached hydrogens (tertiary/aromatic N) is 1. The van der Waals surface area contributed by atoms with E-state index in [0.29, 0.717) is 39.3 Å². The van der Waals surface area contributed by atoms with Crippen LogP contribution in [0.5, 0.6) is 0 Å². The van der Waals surface area contributed by atoms with Gasteiger partial charge in [0.05, 0.1) is 19.8 Å². The molecule has 18 heavy (non-hydrogen) atoms. The van der Waals surface area contributed by atoms with Gasteiger partial charge in [0.2, 0.25) is 0 Å². The molecule has 1 atom stereocenters. The molecule has 0 aromatic heterocycles. The largest absolute Gasteiger partial charge is 0.480 e. The fourth-order valence-electron chi connectivity index (χ4n) is 1.84. The quantitative estimate of drug-likeness (QED) is 0.624. The Hall–Kier alpha value is -1.34. The number of urea groups is 1. The number of ether oxygens (including phenoxy) is 2. The molecule has 1 saturated heterocycles. The predicted molar refractivity (Wildman–Crippen MR) is 63.5 cm³/mol. The highest BCUT2D eigenvalue weighted by Crippen LogP contribution is 2.16. The number of hydrogen-bond acceptors (Lipinski definition) is 4. The minimum absolute atomic E-state index is 0.338. The summed E-state index contributed by atoms with van der Waals surface area (Å²) in [5.74, 6) is -0.945. The Kier molecular flexibility index (Phi) is 6.45. The minimum Gasteiger partial charge on any atom is -0.480 e. The van der Waals surface area contributed by atoms with Crippen molar-refractivity contribution in [1.82, 2.24) is 10.2 Å². The maximum atomic E-state index is 11.7. The third-order valence-corrected chi connectivity index (χ3v) is 2.75. The van der Waals surface area contributed by atoms with Gasteiger partial charge in [-0.25, -0.2) is 9.59 Å². The topological polar surface area (TPSA) is 88.1 Å². The van der Waals surface area contributed by atoms with E-state index in [0.717, 1.165) is 6.42 Å². The summed E-state index contributed by atoms with van der Waals surface area (Å²) in [6.45, 7) is 2.24. The van der Waals surface area contributed by atoms with E-state index in [1.807, 2.05) is 0 Å². The molecule has 104 valence electrons. The number of methoxy groups -OCH3 is 1. The zero-order valence-electron chi connectivity index (χ0n) is 10.6. The van der Waals surface area contributed by atoms with Crippen LogP contribution in [0.4, 0.5) is 4.79 Å². The molecule has 1 fully saturated rings. The molecule has 2 N–H and O–H groups in total. The van der Waals surface area contributed by atoms with Gasteiger partial charge in [-0.3, -0.25) is 0 Å². The second-order valence-corrected chi connectivity index (χ2v) is 4.03. The fraction of sp³-hybridized carbons (Fsp3) is 0.818. The molecule has 1 aliphatic heterocycles. The highest BCUT2D eigenvalue weighted by atomic mass is 16.5. The summed E-state index contributed by atoms with van der Waals surface area (Å²) in [5.41, 5.74) is 0. The van der Waals surface area contributed by atoms with Gasteiger partial charge in [-0.05, 0) is 12.8 Å². The monoisotopic (exact) mass is 260 g/mol. The van der Waals surface area contributed by atoms with Crippen molar-refractivity contribution in [1.29, 1.82) is 0 Å². The van der Waals surface area contributed by atoms with E-state index < -0.39 is 12.0 Å². The van der Waals surface area contributed by atoms with Crippen LogP contribution >= 0.6 is 0 Å². The SMILES string of the molecule is COCCOCCNC(=O)N1CCCC1C(=O)O. The molecule has 1 aliphatic rings. The molecule has 2 amide bonds. The summed E-state index contributed by atoms with van der Waals surface area (Å²) in [7, 11) is 1.59. The molecule has 0 aromatic rings. The highest BCUT2D eigenvalue weighted by molar-refractivity contribution is 5.83. The second-order valence-electron chi connectivity index (χ2n) is 4.03. The summed E-state index contributed by atoms with van der Waals surface area (Å²) in [5, 5.41) is 11.6. The van der Waals surface area contributed by atoms with Crippen molar-refractivity contribution < 1.29 is 24.2 Å². The first-order valence-electron chi connectivity index (χ1n) is 6.00. The first-order valence-corrected chi connectivity index (χ1v) is 6.00. The van der Waals surface area contributed by atoms with E-state index in [2.05, 4.69) is 5.32 Å². The standard InChI is InChI=1S/C11H20N2O5/c1-17-7-8-18-6-4-12-11(16)13-5-2-3-9(13)10(14)15/h9H,2-8H2,1H3,(H,12,16)(H,14,15). The first-order chi connectivity index (χ1) is 8.66. The molecule has 7 heteroatoms. The number of rotatable bonds is 7. The van der Waals surface area contributed by atoms with Gasteiger partial charge in [0.1, 0.15) is 6.04 Å². The summed E-state index contributed by atoms with van der Waals surface area (Å²) in [4.78, 5) is 24.0. The Bertz CT molecular complexity index is 285. The van der Waals surface area contributed by atoms with Crippen LogP contribution in [0, 0.1) is 0 Å². The van der Waals surface area contributed by atoms with Gasteiger partial charge in [-0.2, -0.15) is 0 Å². The summed E-state index contributed by atoms with van der Waals surface area (Å²) < 4.78 is 9.99. The van der Waals surface area contributed by atoms with Crippen molar-refractivity contribution in [2.45, 2.75) is 18.9 Å². The number of aliphatic carboxylic acids is 1. The molecular formula is C11H20N2O5. The lowest BCUT2D eigenvalue weighted by atomic mass is 10.2.